The molecular weight excluding hydrogens is 435 g/mol. The molecule has 10 heteroatoms. The van der Waals surface area contributed by atoms with Gasteiger partial charge in [-0.15, -0.1) is 0 Å². The number of nitrogens with zero attached hydrogens (tertiary/aromatic N) is 3. The number of hydrazone groups is 1. The van der Waals surface area contributed by atoms with Crippen LogP contribution in [0.25, 0.3) is 0 Å². The van der Waals surface area contributed by atoms with E-state index in [1.165, 1.54) is 24.4 Å². The van der Waals surface area contributed by atoms with Gasteiger partial charge in [0.05, 0.1) is 6.21 Å². The monoisotopic (exact) mass is 455 g/mol. The third kappa shape index (κ3) is 5.62. The molecule has 0 saturated carbocycles. The van der Waals surface area contributed by atoms with E-state index in [2.05, 4.69) is 22.7 Å². The largest absolute Gasteiger partial charge is 0.375 e. The molecule has 1 aliphatic heterocycles. The first kappa shape index (κ1) is 22.3. The van der Waals surface area contributed by atoms with E-state index >= 15 is 0 Å². The van der Waals surface area contributed by atoms with Crippen LogP contribution < -0.4 is 16.1 Å². The molecule has 5 nitrogen and oxygen atoms in total. The Morgan fingerprint density at radius 1 is 1.13 bits per heavy atom. The van der Waals surface area contributed by atoms with Crippen molar-refractivity contribution >= 4 is 40.8 Å². The third-order valence-corrected chi connectivity index (χ3v) is 5.22. The number of rotatable bonds is 5. The molecular formula is C20H21ClF3N5S. The summed E-state index contributed by atoms with van der Waals surface area (Å²) >= 11 is 10.7. The van der Waals surface area contributed by atoms with Crippen molar-refractivity contribution in [2.75, 3.05) is 31.1 Å². The summed E-state index contributed by atoms with van der Waals surface area (Å²) in [5.41, 5.74) is 8.17. The fourth-order valence-electron chi connectivity index (χ4n) is 3.39. The predicted molar refractivity (Wildman–Crippen MR) is 117 cm³/mol. The molecule has 1 saturated heterocycles. The number of nitrogens with two attached hydrogens (primary N) is 1. The minimum atomic E-state index is -0.683. The number of hydrogen-bond acceptors (Lipinski definition) is 4. The summed E-state index contributed by atoms with van der Waals surface area (Å²) in [6.45, 7) is 2.41. The van der Waals surface area contributed by atoms with Gasteiger partial charge in [-0.3, -0.25) is 10.3 Å². The molecule has 1 fully saturated rings. The Balaban J connectivity index is 1.70. The normalized spacial score (nSPS) is 15.4. The fourth-order valence-corrected chi connectivity index (χ4v) is 3.67. The van der Waals surface area contributed by atoms with Crippen LogP contribution in [0.1, 0.15) is 17.5 Å². The van der Waals surface area contributed by atoms with Crippen LogP contribution >= 0.6 is 23.8 Å². The lowest BCUT2D eigenvalue weighted by Gasteiger charge is -2.25. The number of anilines is 1. The summed E-state index contributed by atoms with van der Waals surface area (Å²) in [5.74, 6) is -1.72. The number of nitrogens with one attached hydrogen (secondary N) is 1. The molecule has 2 aromatic rings. The first-order valence-electron chi connectivity index (χ1n) is 9.33. The number of halogens is 4. The van der Waals surface area contributed by atoms with Crippen molar-refractivity contribution in [1.29, 1.82) is 0 Å². The Labute approximate surface area is 183 Å². The van der Waals surface area contributed by atoms with E-state index in [9.17, 15) is 13.2 Å². The zero-order valence-corrected chi connectivity index (χ0v) is 17.6. The van der Waals surface area contributed by atoms with E-state index in [1.807, 2.05) is 4.90 Å². The van der Waals surface area contributed by atoms with Crippen LogP contribution in [0.15, 0.2) is 35.4 Å². The van der Waals surface area contributed by atoms with E-state index in [4.69, 9.17) is 17.3 Å². The average Bonchev–Trinajstić information content (AvgIpc) is 2.90. The molecule has 0 bridgehead atoms. The Bertz CT molecular complexity index is 913. The second-order valence-corrected chi connectivity index (χ2v) is 7.73. The van der Waals surface area contributed by atoms with Gasteiger partial charge in [-0.1, -0.05) is 17.7 Å². The van der Waals surface area contributed by atoms with Crippen LogP contribution in [0.3, 0.4) is 0 Å². The smallest absolute Gasteiger partial charge is 0.184 e. The summed E-state index contributed by atoms with van der Waals surface area (Å²) in [4.78, 5) is 3.70. The molecule has 0 aromatic heterocycles. The molecule has 3 N–H and O–H groups in total. The fraction of sp³-hybridized carbons (Fsp3) is 0.300. The molecule has 0 amide bonds. The van der Waals surface area contributed by atoms with Crippen LogP contribution in [0.2, 0.25) is 5.02 Å². The lowest BCUT2D eigenvalue weighted by Crippen LogP contribution is -2.31. The van der Waals surface area contributed by atoms with Crippen molar-refractivity contribution in [2.45, 2.75) is 13.0 Å². The van der Waals surface area contributed by atoms with Gasteiger partial charge in [0, 0.05) is 48.9 Å². The van der Waals surface area contributed by atoms with Gasteiger partial charge in [-0.25, -0.2) is 13.2 Å². The van der Waals surface area contributed by atoms with Crippen LogP contribution in [0, 0.1) is 17.5 Å². The first-order valence-corrected chi connectivity index (χ1v) is 10.1. The van der Waals surface area contributed by atoms with Crippen LogP contribution in [0.4, 0.5) is 18.9 Å². The zero-order chi connectivity index (χ0) is 21.7. The van der Waals surface area contributed by atoms with Crippen molar-refractivity contribution < 1.29 is 13.2 Å². The molecule has 0 unspecified atom stereocenters. The molecule has 0 atom stereocenters. The second kappa shape index (κ2) is 10.1. The molecule has 160 valence electrons. The van der Waals surface area contributed by atoms with Gasteiger partial charge in [0.25, 0.3) is 0 Å². The molecule has 2 aromatic carbocycles. The Kier molecular flexibility index (Phi) is 7.52. The molecule has 3 rings (SSSR count). The van der Waals surface area contributed by atoms with E-state index in [0.29, 0.717) is 49.7 Å². The summed E-state index contributed by atoms with van der Waals surface area (Å²) in [7, 11) is 0. The number of hydrogen-bond donors (Lipinski definition) is 2. The van der Waals surface area contributed by atoms with Gasteiger partial charge < -0.3 is 10.6 Å². The highest BCUT2D eigenvalue weighted by Gasteiger charge is 2.22. The van der Waals surface area contributed by atoms with E-state index in [1.54, 1.807) is 17.0 Å². The van der Waals surface area contributed by atoms with Crippen molar-refractivity contribution in [3.63, 3.8) is 0 Å². The van der Waals surface area contributed by atoms with E-state index in [-0.39, 0.29) is 22.2 Å². The minimum Gasteiger partial charge on any atom is -0.375 e. The lowest BCUT2D eigenvalue weighted by atomic mass is 10.1. The van der Waals surface area contributed by atoms with Crippen LogP contribution in [-0.2, 0) is 6.54 Å². The van der Waals surface area contributed by atoms with Gasteiger partial charge in [-0.05, 0) is 42.9 Å². The van der Waals surface area contributed by atoms with Crippen molar-refractivity contribution in [1.82, 2.24) is 10.3 Å². The maximum absolute atomic E-state index is 14.7. The van der Waals surface area contributed by atoms with Crippen LogP contribution in [0.5, 0.6) is 0 Å². The van der Waals surface area contributed by atoms with E-state index < -0.39 is 11.6 Å². The van der Waals surface area contributed by atoms with Gasteiger partial charge in [0.1, 0.15) is 23.1 Å². The van der Waals surface area contributed by atoms with Gasteiger partial charge in [-0.2, -0.15) is 5.10 Å². The molecule has 0 radical (unpaired) electrons. The summed E-state index contributed by atoms with van der Waals surface area (Å²) in [5, 5.41) is 4.03. The maximum Gasteiger partial charge on any atom is 0.184 e. The Morgan fingerprint density at radius 3 is 2.53 bits per heavy atom. The Morgan fingerprint density at radius 2 is 1.87 bits per heavy atom. The van der Waals surface area contributed by atoms with E-state index in [0.717, 1.165) is 0 Å². The topological polar surface area (TPSA) is 56.9 Å². The molecule has 0 spiro atoms. The minimum absolute atomic E-state index is 0.0467. The highest BCUT2D eigenvalue weighted by atomic mass is 35.5. The standard InChI is InChI=1S/C20H21ClF3N5S/c21-15-3-1-4-16(22)14(15)12-28-5-2-6-29(8-7-28)19-17(23)9-13(10-18(19)24)11-26-27-20(25)30/h1,3-4,9-11H,2,5-8,12H2,(H3,25,27,30)/b26-11+. The highest BCUT2D eigenvalue weighted by molar-refractivity contribution is 7.80. The van der Waals surface area contributed by atoms with Crippen LogP contribution in [-0.4, -0.2) is 42.4 Å². The average molecular weight is 456 g/mol. The molecule has 1 heterocycles. The van der Waals surface area contributed by atoms with Gasteiger partial charge in [0.2, 0.25) is 0 Å². The summed E-state index contributed by atoms with van der Waals surface area (Å²) in [6, 6.07) is 6.98. The zero-order valence-electron chi connectivity index (χ0n) is 16.0. The van der Waals surface area contributed by atoms with Gasteiger partial charge >= 0.3 is 0 Å². The molecule has 0 aliphatic carbocycles. The second-order valence-electron chi connectivity index (χ2n) is 6.88. The predicted octanol–water partition coefficient (Wildman–Crippen LogP) is 3.64. The number of benzene rings is 2. The van der Waals surface area contributed by atoms with Crippen molar-refractivity contribution in [3.05, 3.63) is 63.9 Å². The highest BCUT2D eigenvalue weighted by Crippen LogP contribution is 2.27. The maximum atomic E-state index is 14.7. The van der Waals surface area contributed by atoms with Crippen molar-refractivity contribution in [2.24, 2.45) is 10.8 Å². The summed E-state index contributed by atoms with van der Waals surface area (Å²) < 4.78 is 43.4. The van der Waals surface area contributed by atoms with Gasteiger partial charge in [0.15, 0.2) is 5.11 Å². The SMILES string of the molecule is NC(=S)N/N=C/c1cc(F)c(N2CCCN(Cc3c(F)cccc3Cl)CC2)c(F)c1. The lowest BCUT2D eigenvalue weighted by molar-refractivity contribution is 0.281. The Hall–Kier alpha value is -2.36. The third-order valence-electron chi connectivity index (χ3n) is 4.78. The quantitative estimate of drug-likeness (QED) is 0.409. The first-order chi connectivity index (χ1) is 14.3. The van der Waals surface area contributed by atoms with Crippen molar-refractivity contribution in [3.8, 4) is 0 Å². The summed E-state index contributed by atoms with van der Waals surface area (Å²) in [6.07, 6.45) is 1.91. The number of thiocarbonyl (C=S) groups is 1. The molecule has 30 heavy (non-hydrogen) atoms. The molecule has 1 aliphatic rings.